The zero-order valence-electron chi connectivity index (χ0n) is 27.2. The fourth-order valence-electron chi connectivity index (χ4n) is 5.86. The average Bonchev–Trinajstić information content (AvgIpc) is 3.44. The predicted molar refractivity (Wildman–Crippen MR) is 167 cm³/mol. The summed E-state index contributed by atoms with van der Waals surface area (Å²) in [5, 5.41) is 12.1. The van der Waals surface area contributed by atoms with Crippen molar-refractivity contribution in [1.82, 2.24) is 9.88 Å². The molecule has 242 valence electrons. The first-order valence-electron chi connectivity index (χ1n) is 15.6. The number of hydrogen-bond donors (Lipinski definition) is 1. The minimum absolute atomic E-state index is 0. The van der Waals surface area contributed by atoms with Crippen molar-refractivity contribution >= 4 is 6.09 Å². The van der Waals surface area contributed by atoms with E-state index in [4.69, 9.17) is 13.9 Å². The van der Waals surface area contributed by atoms with Crippen molar-refractivity contribution in [2.24, 2.45) is 5.92 Å². The van der Waals surface area contributed by atoms with Crippen molar-refractivity contribution in [2.45, 2.75) is 83.6 Å². The molecule has 0 spiro atoms. The molecule has 4 rings (SSSR count). The third-order valence-electron chi connectivity index (χ3n) is 8.10. The van der Waals surface area contributed by atoms with Crippen molar-refractivity contribution in [3.05, 3.63) is 83.6 Å². The van der Waals surface area contributed by atoms with Gasteiger partial charge >= 0.3 is 6.09 Å². The minimum atomic E-state index is -1.22. The molecule has 1 unspecified atom stereocenters. The summed E-state index contributed by atoms with van der Waals surface area (Å²) in [4.78, 5) is 18.4. The number of amides is 1. The van der Waals surface area contributed by atoms with E-state index in [-0.39, 0.29) is 29.0 Å². The molecule has 1 saturated carbocycles. The zero-order valence-corrected chi connectivity index (χ0v) is 28.8. The Balaban J connectivity index is 0.00000529. The molecule has 1 atom stereocenters. The van der Waals surface area contributed by atoms with Gasteiger partial charge in [-0.25, -0.2) is 9.78 Å². The van der Waals surface area contributed by atoms with Gasteiger partial charge in [-0.1, -0.05) is 61.7 Å². The van der Waals surface area contributed by atoms with Gasteiger partial charge in [0, 0.05) is 25.9 Å². The van der Waals surface area contributed by atoms with Crippen LogP contribution in [-0.4, -0.2) is 65.5 Å². The number of nitrogens with zero attached hydrogens (tertiary/aromatic N) is 3. The van der Waals surface area contributed by atoms with Crippen molar-refractivity contribution in [3.8, 4) is 5.75 Å². The number of rotatable bonds is 12. The van der Waals surface area contributed by atoms with Gasteiger partial charge in [0.2, 0.25) is 5.89 Å². The molecule has 1 heterocycles. The summed E-state index contributed by atoms with van der Waals surface area (Å²) >= 11 is 0. The van der Waals surface area contributed by atoms with E-state index in [0.717, 1.165) is 61.3 Å². The first-order chi connectivity index (χ1) is 20.4. The molecule has 1 aromatic heterocycles. The van der Waals surface area contributed by atoms with Crippen LogP contribution in [0.1, 0.15) is 82.1 Å². The maximum atomic E-state index is 12.2. The van der Waals surface area contributed by atoms with Crippen LogP contribution in [0.5, 0.6) is 5.75 Å². The molecule has 2 aromatic carbocycles. The Morgan fingerprint density at radius 2 is 1.70 bits per heavy atom. The molecule has 1 fully saturated rings. The highest BCUT2D eigenvalue weighted by atomic mass is 79.9. The highest BCUT2D eigenvalue weighted by Gasteiger charge is 2.44. The average molecular weight is 673 g/mol. The van der Waals surface area contributed by atoms with Gasteiger partial charge in [0.15, 0.2) is 11.4 Å². The third kappa shape index (κ3) is 9.81. The Labute approximate surface area is 273 Å². The molecule has 9 heteroatoms. The van der Waals surface area contributed by atoms with E-state index in [0.29, 0.717) is 30.1 Å². The van der Waals surface area contributed by atoms with Crippen LogP contribution in [0.15, 0.2) is 65.2 Å². The van der Waals surface area contributed by atoms with Crippen LogP contribution in [-0.2, 0) is 23.4 Å². The van der Waals surface area contributed by atoms with Crippen molar-refractivity contribution in [2.75, 3.05) is 34.3 Å². The predicted octanol–water partition coefficient (Wildman–Crippen LogP) is 3.91. The van der Waals surface area contributed by atoms with Gasteiger partial charge in [-0.2, -0.15) is 0 Å². The highest BCUT2D eigenvalue weighted by Crippen LogP contribution is 2.43. The van der Waals surface area contributed by atoms with Crippen LogP contribution < -0.4 is 21.7 Å². The lowest BCUT2D eigenvalue weighted by Gasteiger charge is -2.36. The van der Waals surface area contributed by atoms with Crippen LogP contribution in [0, 0.1) is 5.92 Å². The number of aliphatic hydroxyl groups is 1. The summed E-state index contributed by atoms with van der Waals surface area (Å²) in [5.74, 6) is 2.08. The van der Waals surface area contributed by atoms with Crippen LogP contribution in [0.4, 0.5) is 4.79 Å². The SMILES string of the molecule is CN(Cc1ccc(OCCC[N+](C)(C)Cc2cnc(C(O)(c3ccccc3)C3CCCCC3)o2)cc1)C(=O)OC(C)(C)C.[Br-]. The number of ether oxygens (including phenoxy) is 2. The Morgan fingerprint density at radius 3 is 2.34 bits per heavy atom. The number of carbonyl (C=O) groups excluding carboxylic acids is 1. The Morgan fingerprint density at radius 1 is 1.05 bits per heavy atom. The molecule has 0 bridgehead atoms. The summed E-state index contributed by atoms with van der Waals surface area (Å²) in [7, 11) is 6.07. The lowest BCUT2D eigenvalue weighted by atomic mass is 9.73. The van der Waals surface area contributed by atoms with Crippen molar-refractivity contribution < 1.29 is 45.3 Å². The van der Waals surface area contributed by atoms with Gasteiger partial charge in [0.1, 0.15) is 17.9 Å². The molecule has 0 radical (unpaired) electrons. The maximum absolute atomic E-state index is 12.2. The second-order valence-corrected chi connectivity index (χ2v) is 13.6. The van der Waals surface area contributed by atoms with Gasteiger partial charge in [0.05, 0.1) is 33.4 Å². The zero-order chi connectivity index (χ0) is 31.1. The van der Waals surface area contributed by atoms with Crippen LogP contribution in [0.25, 0.3) is 0 Å². The van der Waals surface area contributed by atoms with Crippen molar-refractivity contribution in [1.29, 1.82) is 0 Å². The molecule has 8 nitrogen and oxygen atoms in total. The molecular formula is C35H50BrN3O5. The Kier molecular flexibility index (Phi) is 12.5. The van der Waals surface area contributed by atoms with E-state index in [2.05, 4.69) is 19.1 Å². The molecule has 1 amide bonds. The number of halogens is 1. The number of carbonyl (C=O) groups is 1. The number of oxazole rings is 1. The topological polar surface area (TPSA) is 85.0 Å². The van der Waals surface area contributed by atoms with E-state index in [1.807, 2.05) is 75.4 Å². The number of aromatic nitrogens is 1. The van der Waals surface area contributed by atoms with Gasteiger partial charge in [-0.3, -0.25) is 0 Å². The molecule has 0 aliphatic heterocycles. The molecule has 1 aliphatic carbocycles. The lowest BCUT2D eigenvalue weighted by Crippen LogP contribution is -3.00. The van der Waals surface area contributed by atoms with Crippen molar-refractivity contribution in [3.63, 3.8) is 0 Å². The fourth-order valence-corrected chi connectivity index (χ4v) is 5.86. The molecule has 1 N–H and O–H groups in total. The molecule has 0 saturated heterocycles. The summed E-state index contributed by atoms with van der Waals surface area (Å²) in [6, 6.07) is 17.7. The van der Waals surface area contributed by atoms with Crippen LogP contribution >= 0.6 is 0 Å². The van der Waals surface area contributed by atoms with Gasteiger partial charge in [-0.05, 0) is 56.9 Å². The highest BCUT2D eigenvalue weighted by molar-refractivity contribution is 5.67. The van der Waals surface area contributed by atoms with E-state index in [9.17, 15) is 9.90 Å². The Bertz CT molecular complexity index is 1300. The minimum Gasteiger partial charge on any atom is -1.00 e. The summed E-state index contributed by atoms with van der Waals surface area (Å²) in [6.07, 6.45) is 7.70. The summed E-state index contributed by atoms with van der Waals surface area (Å²) in [5.41, 5.74) is 0.124. The summed E-state index contributed by atoms with van der Waals surface area (Å²) < 4.78 is 18.4. The molecular weight excluding hydrogens is 622 g/mol. The largest absolute Gasteiger partial charge is 1.00 e. The quantitative estimate of drug-likeness (QED) is 0.232. The maximum Gasteiger partial charge on any atom is 0.410 e. The number of hydrogen-bond acceptors (Lipinski definition) is 6. The number of benzene rings is 2. The Hall–Kier alpha value is -2.88. The van der Waals surface area contributed by atoms with Gasteiger partial charge in [0.25, 0.3) is 0 Å². The molecule has 1 aliphatic rings. The van der Waals surface area contributed by atoms with E-state index >= 15 is 0 Å². The second kappa shape index (κ2) is 15.4. The van der Waals surface area contributed by atoms with E-state index in [1.165, 1.54) is 6.42 Å². The van der Waals surface area contributed by atoms with E-state index in [1.54, 1.807) is 18.1 Å². The van der Waals surface area contributed by atoms with Crippen LogP contribution in [0.3, 0.4) is 0 Å². The second-order valence-electron chi connectivity index (χ2n) is 13.6. The lowest BCUT2D eigenvalue weighted by molar-refractivity contribution is -0.904. The fraction of sp³-hybridized carbons (Fsp3) is 0.543. The monoisotopic (exact) mass is 671 g/mol. The van der Waals surface area contributed by atoms with Gasteiger partial charge in [-0.15, -0.1) is 0 Å². The standard InChI is InChI=1S/C35H50N3O5.BrH/c1-34(2,3)43-33(39)37(4)25-27-18-20-30(21-19-27)41-23-13-22-38(5,6)26-31-24-36-32(42-31)35(40,28-14-9-7-10-15-28)29-16-11-8-12-17-29;/h7,9-10,14-15,18-21,24,29,40H,8,11-13,16-17,22-23,25-26H2,1-6H3;1H/q+1;/p-1. The number of quaternary nitrogens is 1. The first-order valence-corrected chi connectivity index (χ1v) is 15.6. The first kappa shape index (κ1) is 35.6. The normalized spacial score (nSPS) is 15.6. The summed E-state index contributed by atoms with van der Waals surface area (Å²) in [6.45, 7) is 8.20. The van der Waals surface area contributed by atoms with Crippen LogP contribution in [0.2, 0.25) is 0 Å². The molecule has 3 aromatic rings. The third-order valence-corrected chi connectivity index (χ3v) is 8.10. The molecule has 44 heavy (non-hydrogen) atoms. The smallest absolute Gasteiger partial charge is 0.410 e. The van der Waals surface area contributed by atoms with Gasteiger partial charge < -0.3 is 45.4 Å². The van der Waals surface area contributed by atoms with E-state index < -0.39 is 11.2 Å².